The van der Waals surface area contributed by atoms with Gasteiger partial charge in [0.15, 0.2) is 0 Å². The summed E-state index contributed by atoms with van der Waals surface area (Å²) >= 11 is 5.82. The first-order valence-electron chi connectivity index (χ1n) is 5.65. The molecule has 0 radical (unpaired) electrons. The number of halogens is 1. The fourth-order valence-electron chi connectivity index (χ4n) is 1.48. The normalized spacial score (nSPS) is 11.6. The summed E-state index contributed by atoms with van der Waals surface area (Å²) in [5, 5.41) is 8.06. The Kier molecular flexibility index (Phi) is 3.26. The minimum Gasteiger partial charge on any atom is -0.325 e. The Hall–Kier alpha value is -1.62. The van der Waals surface area contributed by atoms with Gasteiger partial charge in [-0.05, 0) is 0 Å². The maximum Gasteiger partial charge on any atom is 0.136 e. The molecule has 0 atom stereocenters. The molecule has 0 fully saturated rings. The van der Waals surface area contributed by atoms with Crippen molar-refractivity contribution in [3.63, 3.8) is 0 Å². The Balaban J connectivity index is 2.27. The highest BCUT2D eigenvalue weighted by molar-refractivity contribution is 6.29. The Bertz CT molecular complexity index is 556. The standard InChI is InChI=1S/C12H16ClN5/c1-12(2,3)8-5-11(18(4)17-8)16-10-6-9(13)14-7-15-10/h5-7H,1-4H3,(H,14,15,16). The van der Waals surface area contributed by atoms with Gasteiger partial charge in [-0.2, -0.15) is 5.10 Å². The second-order valence-electron chi connectivity index (χ2n) is 5.14. The van der Waals surface area contributed by atoms with Gasteiger partial charge in [-0.1, -0.05) is 32.4 Å². The number of hydrogen-bond acceptors (Lipinski definition) is 4. The van der Waals surface area contributed by atoms with Crippen LogP contribution in [0.15, 0.2) is 18.5 Å². The quantitative estimate of drug-likeness (QED) is 0.849. The maximum atomic E-state index is 5.82. The molecule has 0 aliphatic rings. The first-order valence-corrected chi connectivity index (χ1v) is 6.03. The molecule has 2 aromatic rings. The lowest BCUT2D eigenvalue weighted by atomic mass is 9.92. The van der Waals surface area contributed by atoms with E-state index in [4.69, 9.17) is 11.6 Å². The van der Waals surface area contributed by atoms with Crippen molar-refractivity contribution in [1.29, 1.82) is 0 Å². The number of anilines is 2. The SMILES string of the molecule is Cn1nc(C(C)(C)C)cc1Nc1cc(Cl)ncn1. The Labute approximate surface area is 111 Å². The number of nitrogens with one attached hydrogen (secondary N) is 1. The van der Waals surface area contributed by atoms with Crippen LogP contribution in [0.25, 0.3) is 0 Å². The molecule has 0 spiro atoms. The molecular weight excluding hydrogens is 250 g/mol. The summed E-state index contributed by atoms with van der Waals surface area (Å²) in [6.45, 7) is 6.38. The molecule has 0 bridgehead atoms. The molecule has 18 heavy (non-hydrogen) atoms. The minimum atomic E-state index is 0.0149. The van der Waals surface area contributed by atoms with E-state index in [9.17, 15) is 0 Å². The van der Waals surface area contributed by atoms with Gasteiger partial charge in [-0.15, -0.1) is 0 Å². The number of aryl methyl sites for hydroxylation is 1. The monoisotopic (exact) mass is 265 g/mol. The van der Waals surface area contributed by atoms with Crippen LogP contribution in [-0.2, 0) is 12.5 Å². The number of nitrogens with zero attached hydrogens (tertiary/aromatic N) is 4. The molecule has 2 aromatic heterocycles. The number of aromatic nitrogens is 4. The third-order valence-electron chi connectivity index (χ3n) is 2.54. The van der Waals surface area contributed by atoms with Crippen molar-refractivity contribution in [3.8, 4) is 0 Å². The van der Waals surface area contributed by atoms with E-state index in [0.717, 1.165) is 11.5 Å². The predicted octanol–water partition coefficient (Wildman–Crippen LogP) is 2.90. The van der Waals surface area contributed by atoms with Gasteiger partial charge < -0.3 is 5.32 Å². The van der Waals surface area contributed by atoms with E-state index in [-0.39, 0.29) is 5.41 Å². The van der Waals surface area contributed by atoms with Crippen LogP contribution in [0.4, 0.5) is 11.6 Å². The second-order valence-corrected chi connectivity index (χ2v) is 5.53. The van der Waals surface area contributed by atoms with Crippen LogP contribution in [-0.4, -0.2) is 19.7 Å². The zero-order chi connectivity index (χ0) is 13.3. The van der Waals surface area contributed by atoms with Gasteiger partial charge in [-0.3, -0.25) is 4.68 Å². The van der Waals surface area contributed by atoms with Crippen molar-refractivity contribution < 1.29 is 0 Å². The zero-order valence-electron chi connectivity index (χ0n) is 10.9. The van der Waals surface area contributed by atoms with Crippen LogP contribution in [0.2, 0.25) is 5.15 Å². The van der Waals surface area contributed by atoms with Gasteiger partial charge in [0.1, 0.15) is 23.1 Å². The summed E-state index contributed by atoms with van der Waals surface area (Å²) in [5.74, 6) is 1.52. The Morgan fingerprint density at radius 3 is 2.50 bits per heavy atom. The van der Waals surface area contributed by atoms with Crippen molar-refractivity contribution in [3.05, 3.63) is 29.3 Å². The minimum absolute atomic E-state index is 0.0149. The summed E-state index contributed by atoms with van der Waals surface area (Å²) in [5.41, 5.74) is 1.04. The van der Waals surface area contributed by atoms with Crippen molar-refractivity contribution in [2.45, 2.75) is 26.2 Å². The molecule has 2 rings (SSSR count). The summed E-state index contributed by atoms with van der Waals surface area (Å²) in [4.78, 5) is 7.94. The maximum absolute atomic E-state index is 5.82. The van der Waals surface area contributed by atoms with Crippen molar-refractivity contribution in [1.82, 2.24) is 19.7 Å². The molecular formula is C12H16ClN5. The average Bonchev–Trinajstić information content (AvgIpc) is 2.60. The van der Waals surface area contributed by atoms with E-state index in [0.29, 0.717) is 11.0 Å². The van der Waals surface area contributed by atoms with Crippen molar-refractivity contribution in [2.24, 2.45) is 7.05 Å². The zero-order valence-corrected chi connectivity index (χ0v) is 11.7. The summed E-state index contributed by atoms with van der Waals surface area (Å²) < 4.78 is 1.79. The first kappa shape index (κ1) is 12.8. The van der Waals surface area contributed by atoms with Crippen LogP contribution in [0.5, 0.6) is 0 Å². The number of hydrogen-bond donors (Lipinski definition) is 1. The van der Waals surface area contributed by atoms with Gasteiger partial charge in [0.05, 0.1) is 5.69 Å². The van der Waals surface area contributed by atoms with Crippen LogP contribution in [0, 0.1) is 0 Å². The van der Waals surface area contributed by atoms with Gasteiger partial charge >= 0.3 is 0 Å². The molecule has 0 saturated carbocycles. The van der Waals surface area contributed by atoms with E-state index < -0.39 is 0 Å². The Morgan fingerprint density at radius 1 is 1.22 bits per heavy atom. The fraction of sp³-hybridized carbons (Fsp3) is 0.417. The Morgan fingerprint density at radius 2 is 1.94 bits per heavy atom. The molecule has 0 unspecified atom stereocenters. The second kappa shape index (κ2) is 4.57. The predicted molar refractivity (Wildman–Crippen MR) is 72.2 cm³/mol. The molecule has 0 aliphatic carbocycles. The molecule has 2 heterocycles. The third-order valence-corrected chi connectivity index (χ3v) is 2.74. The van der Waals surface area contributed by atoms with E-state index in [1.165, 1.54) is 6.33 Å². The van der Waals surface area contributed by atoms with Crippen LogP contribution in [0.1, 0.15) is 26.5 Å². The molecule has 5 nitrogen and oxygen atoms in total. The third kappa shape index (κ3) is 2.79. The van der Waals surface area contributed by atoms with Gasteiger partial charge in [0.25, 0.3) is 0 Å². The molecule has 0 aliphatic heterocycles. The molecule has 0 saturated heterocycles. The lowest BCUT2D eigenvalue weighted by molar-refractivity contribution is 0.553. The summed E-state index contributed by atoms with van der Waals surface area (Å²) in [6, 6.07) is 3.68. The average molecular weight is 266 g/mol. The van der Waals surface area contributed by atoms with E-state index >= 15 is 0 Å². The largest absolute Gasteiger partial charge is 0.325 e. The van der Waals surface area contributed by atoms with Crippen molar-refractivity contribution >= 4 is 23.2 Å². The van der Waals surface area contributed by atoms with Crippen LogP contribution < -0.4 is 5.32 Å². The first-order chi connectivity index (χ1) is 8.36. The van der Waals surface area contributed by atoms with Crippen molar-refractivity contribution in [2.75, 3.05) is 5.32 Å². The molecule has 0 amide bonds. The highest BCUT2D eigenvalue weighted by Gasteiger charge is 2.19. The number of rotatable bonds is 2. The molecule has 96 valence electrons. The van der Waals surface area contributed by atoms with E-state index in [1.54, 1.807) is 10.7 Å². The van der Waals surface area contributed by atoms with E-state index in [1.807, 2.05) is 13.1 Å². The van der Waals surface area contributed by atoms with E-state index in [2.05, 4.69) is 41.2 Å². The highest BCUT2D eigenvalue weighted by Crippen LogP contribution is 2.25. The summed E-state index contributed by atoms with van der Waals surface area (Å²) in [7, 11) is 1.89. The van der Waals surface area contributed by atoms with Crippen LogP contribution in [0.3, 0.4) is 0 Å². The molecule has 0 aromatic carbocycles. The summed E-state index contributed by atoms with van der Waals surface area (Å²) in [6.07, 6.45) is 1.42. The van der Waals surface area contributed by atoms with Gasteiger partial charge in [0, 0.05) is 24.6 Å². The molecule has 1 N–H and O–H groups in total. The molecule has 6 heteroatoms. The van der Waals surface area contributed by atoms with Crippen LogP contribution >= 0.6 is 11.6 Å². The highest BCUT2D eigenvalue weighted by atomic mass is 35.5. The lowest BCUT2D eigenvalue weighted by Crippen LogP contribution is -2.12. The van der Waals surface area contributed by atoms with Gasteiger partial charge in [-0.25, -0.2) is 9.97 Å². The lowest BCUT2D eigenvalue weighted by Gasteiger charge is -2.13. The topological polar surface area (TPSA) is 55.6 Å². The van der Waals surface area contributed by atoms with Gasteiger partial charge in [0.2, 0.25) is 0 Å². The fourth-order valence-corrected chi connectivity index (χ4v) is 1.63. The smallest absolute Gasteiger partial charge is 0.136 e.